The third-order valence-corrected chi connectivity index (χ3v) is 10.0. The summed E-state index contributed by atoms with van der Waals surface area (Å²) in [5.74, 6) is 3.41. The van der Waals surface area contributed by atoms with Crippen molar-refractivity contribution in [2.45, 2.75) is 71.8 Å². The maximum Gasteiger partial charge on any atom is 0.0618 e. The molecule has 4 bridgehead atoms. The van der Waals surface area contributed by atoms with Gasteiger partial charge in [0, 0.05) is 5.41 Å². The highest BCUT2D eigenvalue weighted by molar-refractivity contribution is 5.27. The summed E-state index contributed by atoms with van der Waals surface area (Å²) in [5.41, 5.74) is 1.40. The number of rotatable bonds is 1. The molecule has 0 aromatic heterocycles. The molecule has 0 aromatic carbocycles. The van der Waals surface area contributed by atoms with E-state index < -0.39 is 0 Å². The van der Waals surface area contributed by atoms with Crippen LogP contribution in [0.25, 0.3) is 0 Å². The molecule has 22 heavy (non-hydrogen) atoms. The molecule has 2 nitrogen and oxygen atoms in total. The van der Waals surface area contributed by atoms with Gasteiger partial charge in [0.2, 0.25) is 0 Å². The van der Waals surface area contributed by atoms with Crippen LogP contribution in [0.5, 0.6) is 0 Å². The molecular weight excluding hydrogens is 272 g/mol. The van der Waals surface area contributed by atoms with Crippen molar-refractivity contribution < 1.29 is 10.2 Å². The molecule has 0 heterocycles. The molecule has 6 aliphatic rings. The largest absolute Gasteiger partial charge is 0.396 e. The van der Waals surface area contributed by atoms with Gasteiger partial charge in [0.05, 0.1) is 12.7 Å². The molecule has 6 rings (SSSR count). The zero-order valence-electron chi connectivity index (χ0n) is 14.4. The zero-order valence-corrected chi connectivity index (χ0v) is 14.4. The van der Waals surface area contributed by atoms with Gasteiger partial charge >= 0.3 is 0 Å². The van der Waals surface area contributed by atoms with E-state index in [-0.39, 0.29) is 18.1 Å². The Hall–Kier alpha value is -0.0800. The van der Waals surface area contributed by atoms with Crippen LogP contribution in [-0.4, -0.2) is 22.9 Å². The summed E-state index contributed by atoms with van der Waals surface area (Å²) in [6.45, 7) is 7.40. The fraction of sp³-hybridized carbons (Fsp3) is 1.00. The smallest absolute Gasteiger partial charge is 0.0618 e. The van der Waals surface area contributed by atoms with E-state index in [0.29, 0.717) is 22.2 Å². The first-order valence-corrected chi connectivity index (χ1v) is 9.59. The SMILES string of the molecule is C[C@]1(CO)[C@H]2CC[C@@]34C[C@H]5[C@@H](C[C@H]3[C@]2(C)CC[C@H]1O)[C@@]5(C)C4. The molecule has 2 N–H and O–H groups in total. The lowest BCUT2D eigenvalue weighted by Crippen LogP contribution is -2.62. The van der Waals surface area contributed by atoms with Crippen LogP contribution < -0.4 is 0 Å². The molecule has 2 heteroatoms. The summed E-state index contributed by atoms with van der Waals surface area (Å²) < 4.78 is 0. The van der Waals surface area contributed by atoms with E-state index in [0.717, 1.165) is 24.2 Å². The van der Waals surface area contributed by atoms with Gasteiger partial charge in [0.15, 0.2) is 0 Å². The molecule has 0 aliphatic heterocycles. The fourth-order valence-corrected chi connectivity index (χ4v) is 8.87. The van der Waals surface area contributed by atoms with Crippen molar-refractivity contribution >= 4 is 0 Å². The normalized spacial score (nSPS) is 68.3. The van der Waals surface area contributed by atoms with E-state index in [4.69, 9.17) is 0 Å². The van der Waals surface area contributed by atoms with Gasteiger partial charge in [-0.25, -0.2) is 0 Å². The van der Waals surface area contributed by atoms with Gasteiger partial charge in [-0.15, -0.1) is 0 Å². The van der Waals surface area contributed by atoms with Crippen LogP contribution in [0.3, 0.4) is 0 Å². The number of hydrogen-bond acceptors (Lipinski definition) is 2. The van der Waals surface area contributed by atoms with Crippen molar-refractivity contribution in [3.8, 4) is 0 Å². The highest BCUT2D eigenvalue weighted by Crippen LogP contribution is 2.85. The lowest BCUT2D eigenvalue weighted by Gasteiger charge is -2.66. The third-order valence-electron chi connectivity index (χ3n) is 10.0. The van der Waals surface area contributed by atoms with Crippen LogP contribution >= 0.6 is 0 Å². The Labute approximate surface area is 134 Å². The predicted molar refractivity (Wildman–Crippen MR) is 86.1 cm³/mol. The molecule has 124 valence electrons. The van der Waals surface area contributed by atoms with Crippen molar-refractivity contribution in [3.63, 3.8) is 0 Å². The van der Waals surface area contributed by atoms with E-state index in [1.807, 2.05) is 0 Å². The lowest BCUT2D eigenvalue weighted by molar-refractivity contribution is -0.205. The molecule has 6 fully saturated rings. The molecule has 0 radical (unpaired) electrons. The van der Waals surface area contributed by atoms with Crippen molar-refractivity contribution in [1.82, 2.24) is 0 Å². The molecule has 6 saturated carbocycles. The second-order valence-electron chi connectivity index (χ2n) is 10.6. The topological polar surface area (TPSA) is 40.5 Å². The minimum Gasteiger partial charge on any atom is -0.396 e. The Balaban J connectivity index is 1.55. The van der Waals surface area contributed by atoms with Crippen LogP contribution in [0.1, 0.15) is 65.7 Å². The maximum atomic E-state index is 10.6. The number of fused-ring (bicyclic) bond motifs is 1. The Bertz CT molecular complexity index is 532. The van der Waals surface area contributed by atoms with Crippen molar-refractivity contribution in [1.29, 1.82) is 0 Å². The lowest BCUT2D eigenvalue weighted by atomic mass is 9.39. The number of aliphatic hydroxyl groups excluding tert-OH is 2. The molecular formula is C20H32O2. The number of aliphatic hydroxyl groups is 2. The standard InChI is InChI=1S/C20H32O2/c1-17-6-5-16(22)19(3,11-21)14(17)4-7-20-9-13-12(8-15(17)20)18(13,2)10-20/h12-16,21-22H,4-11H2,1-3H3/t12-,13+,14+,15+,16-,17-,18-,19+,20+/m1/s1. The fourth-order valence-electron chi connectivity index (χ4n) is 8.87. The summed E-state index contributed by atoms with van der Waals surface area (Å²) in [6, 6.07) is 0. The first-order chi connectivity index (χ1) is 10.3. The average molecular weight is 304 g/mol. The highest BCUT2D eigenvalue weighted by Gasteiger charge is 2.78. The first-order valence-electron chi connectivity index (χ1n) is 9.59. The monoisotopic (exact) mass is 304 g/mol. The summed E-state index contributed by atoms with van der Waals surface area (Å²) >= 11 is 0. The van der Waals surface area contributed by atoms with E-state index >= 15 is 0 Å². The number of hydrogen-bond donors (Lipinski definition) is 2. The van der Waals surface area contributed by atoms with Crippen LogP contribution in [-0.2, 0) is 0 Å². The molecule has 0 unspecified atom stereocenters. The molecule has 9 atom stereocenters. The quantitative estimate of drug-likeness (QED) is 0.777. The first kappa shape index (κ1) is 14.3. The van der Waals surface area contributed by atoms with Gasteiger partial charge in [0.1, 0.15) is 0 Å². The van der Waals surface area contributed by atoms with Crippen LogP contribution in [0.4, 0.5) is 0 Å². The van der Waals surface area contributed by atoms with Crippen molar-refractivity contribution in [3.05, 3.63) is 0 Å². The zero-order chi connectivity index (χ0) is 15.5. The second-order valence-corrected chi connectivity index (χ2v) is 10.6. The minimum absolute atomic E-state index is 0.151. The van der Waals surface area contributed by atoms with Gasteiger partial charge in [-0.3, -0.25) is 0 Å². The van der Waals surface area contributed by atoms with E-state index in [1.54, 1.807) is 0 Å². The van der Waals surface area contributed by atoms with E-state index in [1.165, 1.54) is 38.5 Å². The third kappa shape index (κ3) is 1.30. The summed E-state index contributed by atoms with van der Waals surface area (Å²) in [7, 11) is 0. The Morgan fingerprint density at radius 2 is 1.73 bits per heavy atom. The van der Waals surface area contributed by atoms with Crippen LogP contribution in [0.2, 0.25) is 0 Å². The predicted octanol–water partition coefficient (Wildman–Crippen LogP) is 3.61. The molecule has 6 aliphatic carbocycles. The summed E-state index contributed by atoms with van der Waals surface area (Å²) in [4.78, 5) is 0. The van der Waals surface area contributed by atoms with E-state index in [2.05, 4.69) is 20.8 Å². The van der Waals surface area contributed by atoms with Gasteiger partial charge in [0.25, 0.3) is 0 Å². The van der Waals surface area contributed by atoms with E-state index in [9.17, 15) is 10.2 Å². The average Bonchev–Trinajstić information content (AvgIpc) is 2.94. The van der Waals surface area contributed by atoms with Gasteiger partial charge in [-0.1, -0.05) is 20.8 Å². The maximum absolute atomic E-state index is 10.6. The summed E-state index contributed by atoms with van der Waals surface area (Å²) in [6.07, 6.45) is 8.78. The second kappa shape index (κ2) is 3.77. The summed E-state index contributed by atoms with van der Waals surface area (Å²) in [5, 5.41) is 20.7. The Morgan fingerprint density at radius 3 is 2.36 bits per heavy atom. The Morgan fingerprint density at radius 1 is 0.955 bits per heavy atom. The molecule has 0 aromatic rings. The van der Waals surface area contributed by atoms with Gasteiger partial charge < -0.3 is 10.2 Å². The van der Waals surface area contributed by atoms with Gasteiger partial charge in [-0.2, -0.15) is 0 Å². The van der Waals surface area contributed by atoms with Crippen molar-refractivity contribution in [2.75, 3.05) is 6.61 Å². The Kier molecular flexibility index (Phi) is 2.45. The van der Waals surface area contributed by atoms with Crippen molar-refractivity contribution in [2.24, 2.45) is 45.3 Å². The minimum atomic E-state index is -0.312. The van der Waals surface area contributed by atoms with Crippen LogP contribution in [0, 0.1) is 45.3 Å². The van der Waals surface area contributed by atoms with Crippen LogP contribution in [0.15, 0.2) is 0 Å². The molecule has 0 amide bonds. The molecule has 0 saturated heterocycles. The van der Waals surface area contributed by atoms with Gasteiger partial charge in [-0.05, 0) is 84.9 Å². The molecule has 1 spiro atoms. The highest BCUT2D eigenvalue weighted by atomic mass is 16.3.